The third-order valence-electron chi connectivity index (χ3n) is 8.35. The Hall–Kier alpha value is -4.30. The number of amides is 2. The lowest BCUT2D eigenvalue weighted by molar-refractivity contribution is -0.385. The average molecular weight is 627 g/mol. The van der Waals surface area contributed by atoms with E-state index in [1.807, 2.05) is 0 Å². The Bertz CT molecular complexity index is 1180. The Balaban J connectivity index is 1.12. The van der Waals surface area contributed by atoms with E-state index in [4.69, 9.17) is 9.47 Å². The highest BCUT2D eigenvalue weighted by Gasteiger charge is 2.25. The van der Waals surface area contributed by atoms with E-state index in [-0.39, 0.29) is 23.5 Å². The zero-order chi connectivity index (χ0) is 32.0. The molecule has 0 spiro atoms. The fraction of sp³-hybridized carbons (Fsp3) is 0.548. The molecule has 2 amide bonds. The molecule has 2 aromatic carbocycles. The summed E-state index contributed by atoms with van der Waals surface area (Å²) in [6.45, 7) is 4.43. The van der Waals surface area contributed by atoms with Gasteiger partial charge in [-0.1, -0.05) is 19.3 Å². The monoisotopic (exact) mass is 626 g/mol. The Labute approximate surface area is 262 Å². The molecule has 2 aliphatic rings. The summed E-state index contributed by atoms with van der Waals surface area (Å²) in [7, 11) is 0. The number of nitrogens with zero attached hydrogens (tertiary/aromatic N) is 4. The van der Waals surface area contributed by atoms with Gasteiger partial charge >= 0.3 is 12.2 Å². The molecule has 4 rings (SSSR count). The first-order chi connectivity index (χ1) is 21.8. The number of hydrogen-bond acceptors (Lipinski definition) is 10. The molecule has 2 saturated heterocycles. The third-order valence-corrected chi connectivity index (χ3v) is 8.35. The molecule has 244 valence electrons. The Morgan fingerprint density at radius 3 is 1.44 bits per heavy atom. The lowest BCUT2D eigenvalue weighted by Crippen LogP contribution is -2.44. The van der Waals surface area contributed by atoms with Gasteiger partial charge in [-0.05, 0) is 89.0 Å². The zero-order valence-corrected chi connectivity index (χ0v) is 25.4. The molecular weight excluding hydrogens is 584 g/mol. The van der Waals surface area contributed by atoms with E-state index in [1.165, 1.54) is 48.5 Å². The molecule has 14 nitrogen and oxygen atoms in total. The van der Waals surface area contributed by atoms with Crippen molar-refractivity contribution in [2.45, 2.75) is 69.9 Å². The van der Waals surface area contributed by atoms with Crippen LogP contribution >= 0.6 is 0 Å². The number of non-ortho nitro benzene ring substituents is 2. The third kappa shape index (κ3) is 11.0. The van der Waals surface area contributed by atoms with Crippen LogP contribution in [-0.2, 0) is 9.47 Å². The smallest absolute Gasteiger partial charge is 0.411 e. The van der Waals surface area contributed by atoms with Gasteiger partial charge in [-0.2, -0.15) is 0 Å². The number of unbranched alkanes of at least 4 members (excludes halogenated alkanes) is 2. The van der Waals surface area contributed by atoms with Crippen LogP contribution in [0.1, 0.15) is 57.8 Å². The van der Waals surface area contributed by atoms with E-state index in [0.29, 0.717) is 24.6 Å². The highest BCUT2D eigenvalue weighted by Crippen LogP contribution is 2.22. The van der Waals surface area contributed by atoms with Crippen molar-refractivity contribution in [1.29, 1.82) is 0 Å². The van der Waals surface area contributed by atoms with E-state index in [0.717, 1.165) is 84.0 Å². The van der Waals surface area contributed by atoms with Gasteiger partial charge in [-0.3, -0.25) is 40.7 Å². The summed E-state index contributed by atoms with van der Waals surface area (Å²) in [6.07, 6.45) is 8.38. The van der Waals surface area contributed by atoms with Crippen molar-refractivity contribution in [2.75, 3.05) is 50.0 Å². The topological polar surface area (TPSA) is 169 Å². The molecule has 0 aromatic heterocycles. The highest BCUT2D eigenvalue weighted by atomic mass is 16.6. The van der Waals surface area contributed by atoms with Gasteiger partial charge in [0, 0.05) is 47.7 Å². The summed E-state index contributed by atoms with van der Waals surface area (Å²) < 4.78 is 11.0. The predicted octanol–water partition coefficient (Wildman–Crippen LogP) is 6.18. The van der Waals surface area contributed by atoms with Crippen molar-refractivity contribution >= 4 is 34.9 Å². The Morgan fingerprint density at radius 2 is 1.07 bits per heavy atom. The van der Waals surface area contributed by atoms with E-state index in [9.17, 15) is 29.8 Å². The lowest BCUT2D eigenvalue weighted by atomic mass is 10.0. The largest absolute Gasteiger partial charge is 0.448 e. The van der Waals surface area contributed by atoms with E-state index in [1.54, 1.807) is 0 Å². The van der Waals surface area contributed by atoms with Gasteiger partial charge in [0.15, 0.2) is 0 Å². The molecule has 45 heavy (non-hydrogen) atoms. The number of ether oxygens (including phenoxy) is 2. The summed E-state index contributed by atoms with van der Waals surface area (Å²) in [6, 6.07) is 11.6. The predicted molar refractivity (Wildman–Crippen MR) is 168 cm³/mol. The molecule has 2 heterocycles. The SMILES string of the molecule is O=C(Nc1ccc([N+](=O)[O-])cc1)OCC1CCCCN1CCCCCN1CCCCC1COC(=O)Nc1ccc([N+](=O)[O-])cc1. The van der Waals surface area contributed by atoms with Gasteiger partial charge in [-0.15, -0.1) is 0 Å². The summed E-state index contributed by atoms with van der Waals surface area (Å²) in [5.41, 5.74) is 0.803. The van der Waals surface area contributed by atoms with Crippen LogP contribution < -0.4 is 10.6 Å². The van der Waals surface area contributed by atoms with Crippen LogP contribution in [0.2, 0.25) is 0 Å². The standard InChI is InChI=1S/C31H42N6O8/c38-30(32-24-10-14-26(15-11-24)36(40)41)44-22-28-8-2-6-20-34(28)18-4-1-5-19-35-21-7-3-9-29(35)23-45-31(39)33-25-12-16-27(17-13-25)37(42)43/h10-17,28-29H,1-9,18-23H2,(H,32,38)(H,33,39). The number of carbonyl (C=O) groups is 2. The maximum atomic E-state index is 12.3. The van der Waals surface area contributed by atoms with Crippen LogP contribution in [-0.4, -0.2) is 83.3 Å². The Kier molecular flexibility index (Phi) is 12.9. The first-order valence-electron chi connectivity index (χ1n) is 15.6. The summed E-state index contributed by atoms with van der Waals surface area (Å²) in [4.78, 5) is 50.1. The van der Waals surface area contributed by atoms with E-state index in [2.05, 4.69) is 20.4 Å². The van der Waals surface area contributed by atoms with Crippen molar-refractivity contribution in [3.8, 4) is 0 Å². The van der Waals surface area contributed by atoms with Crippen LogP contribution in [0.4, 0.5) is 32.3 Å². The van der Waals surface area contributed by atoms with Crippen LogP contribution in [0.5, 0.6) is 0 Å². The number of rotatable bonds is 14. The van der Waals surface area contributed by atoms with Gasteiger partial charge in [-0.25, -0.2) is 9.59 Å². The number of benzene rings is 2. The number of hydrogen-bond donors (Lipinski definition) is 2. The van der Waals surface area contributed by atoms with Crippen molar-refractivity contribution in [1.82, 2.24) is 9.80 Å². The normalized spacial score (nSPS) is 18.9. The first-order valence-corrected chi connectivity index (χ1v) is 15.6. The fourth-order valence-electron chi connectivity index (χ4n) is 5.88. The van der Waals surface area contributed by atoms with E-state index >= 15 is 0 Å². The number of carbonyl (C=O) groups excluding carboxylic acids is 2. The van der Waals surface area contributed by atoms with Gasteiger partial charge in [0.25, 0.3) is 11.4 Å². The van der Waals surface area contributed by atoms with Gasteiger partial charge in [0.2, 0.25) is 0 Å². The van der Waals surface area contributed by atoms with Crippen LogP contribution in [0.3, 0.4) is 0 Å². The number of piperidine rings is 2. The molecule has 0 radical (unpaired) electrons. The summed E-state index contributed by atoms with van der Waals surface area (Å²) in [5, 5.41) is 26.9. The summed E-state index contributed by atoms with van der Waals surface area (Å²) >= 11 is 0. The molecule has 2 atom stereocenters. The number of nitrogens with one attached hydrogen (secondary N) is 2. The molecule has 14 heteroatoms. The minimum absolute atomic E-state index is 0.0423. The molecule has 0 bridgehead atoms. The van der Waals surface area contributed by atoms with Crippen LogP contribution in [0, 0.1) is 20.2 Å². The molecule has 0 saturated carbocycles. The van der Waals surface area contributed by atoms with Crippen molar-refractivity contribution in [3.63, 3.8) is 0 Å². The van der Waals surface area contributed by atoms with Crippen molar-refractivity contribution in [3.05, 3.63) is 68.8 Å². The summed E-state index contributed by atoms with van der Waals surface area (Å²) in [5.74, 6) is 0. The quantitative estimate of drug-likeness (QED) is 0.140. The molecule has 2 fully saturated rings. The number of anilines is 2. The highest BCUT2D eigenvalue weighted by molar-refractivity contribution is 5.85. The molecule has 2 aliphatic heterocycles. The molecule has 0 aliphatic carbocycles. The average Bonchev–Trinajstić information content (AvgIpc) is 3.04. The van der Waals surface area contributed by atoms with E-state index < -0.39 is 22.0 Å². The lowest BCUT2D eigenvalue weighted by Gasteiger charge is -2.36. The number of nitro benzene ring substituents is 2. The second kappa shape index (κ2) is 17.3. The van der Waals surface area contributed by atoms with Gasteiger partial charge in [0.1, 0.15) is 13.2 Å². The molecule has 2 N–H and O–H groups in total. The first kappa shape index (κ1) is 33.6. The second-order valence-corrected chi connectivity index (χ2v) is 11.5. The van der Waals surface area contributed by atoms with Crippen molar-refractivity contribution < 1.29 is 28.9 Å². The number of likely N-dealkylation sites (tertiary alicyclic amines) is 2. The maximum absolute atomic E-state index is 12.3. The minimum Gasteiger partial charge on any atom is -0.448 e. The zero-order valence-electron chi connectivity index (χ0n) is 25.4. The van der Waals surface area contributed by atoms with Gasteiger partial charge in [0.05, 0.1) is 9.85 Å². The fourth-order valence-corrected chi connectivity index (χ4v) is 5.88. The Morgan fingerprint density at radius 1 is 0.667 bits per heavy atom. The van der Waals surface area contributed by atoms with Gasteiger partial charge < -0.3 is 9.47 Å². The van der Waals surface area contributed by atoms with Crippen LogP contribution in [0.25, 0.3) is 0 Å². The molecule has 2 aromatic rings. The maximum Gasteiger partial charge on any atom is 0.411 e. The molecule has 2 unspecified atom stereocenters. The molecular formula is C31H42N6O8. The van der Waals surface area contributed by atoms with Crippen molar-refractivity contribution in [2.24, 2.45) is 0 Å². The minimum atomic E-state index is -0.571. The number of nitro groups is 2. The van der Waals surface area contributed by atoms with Crippen LogP contribution in [0.15, 0.2) is 48.5 Å². The second-order valence-electron chi connectivity index (χ2n) is 11.5.